The molecular weight excluding hydrogens is 204 g/mol. The Kier molecular flexibility index (Phi) is 6.01. The van der Waals surface area contributed by atoms with Crippen molar-refractivity contribution in [3.8, 4) is 0 Å². The molecule has 0 radical (unpaired) electrons. The van der Waals surface area contributed by atoms with Gasteiger partial charge >= 0.3 is 5.97 Å². The fourth-order valence-electron chi connectivity index (χ4n) is 1.05. The zero-order chi connectivity index (χ0) is 12.8. The third-order valence-electron chi connectivity index (χ3n) is 2.30. The first kappa shape index (κ1) is 14.9. The van der Waals surface area contributed by atoms with E-state index in [4.69, 9.17) is 4.74 Å². The van der Waals surface area contributed by atoms with Gasteiger partial charge in [-0.25, -0.2) is 4.79 Å². The van der Waals surface area contributed by atoms with Gasteiger partial charge in [0, 0.05) is 11.5 Å². The summed E-state index contributed by atoms with van der Waals surface area (Å²) in [5.41, 5.74) is -0.453. The van der Waals surface area contributed by atoms with E-state index < -0.39 is 11.4 Å². The highest BCUT2D eigenvalue weighted by Crippen LogP contribution is 2.15. The molecule has 0 rings (SSSR count). The Balaban J connectivity index is 4.25. The van der Waals surface area contributed by atoms with E-state index in [0.717, 1.165) is 12.8 Å². The predicted octanol–water partition coefficient (Wildman–Crippen LogP) is 2.89. The first-order valence-corrected chi connectivity index (χ1v) is 5.74. The van der Waals surface area contributed by atoms with Crippen LogP contribution < -0.4 is 0 Å². The largest absolute Gasteiger partial charge is 0.459 e. The van der Waals surface area contributed by atoms with E-state index in [9.17, 15) is 9.59 Å². The molecule has 0 amide bonds. The molecule has 0 aromatic carbocycles. The van der Waals surface area contributed by atoms with Crippen molar-refractivity contribution < 1.29 is 14.3 Å². The van der Waals surface area contributed by atoms with Gasteiger partial charge in [-0.1, -0.05) is 34.6 Å². The quantitative estimate of drug-likeness (QED) is 0.534. The Bertz CT molecular complexity index is 267. The normalized spacial score (nSPS) is 12.1. The van der Waals surface area contributed by atoms with Gasteiger partial charge in [-0.2, -0.15) is 0 Å². The molecule has 0 aromatic heterocycles. The molecule has 0 bridgehead atoms. The van der Waals surface area contributed by atoms with E-state index >= 15 is 0 Å². The molecule has 0 saturated heterocycles. The molecule has 0 saturated carbocycles. The zero-order valence-corrected chi connectivity index (χ0v) is 10.9. The van der Waals surface area contributed by atoms with Crippen LogP contribution >= 0.6 is 0 Å². The van der Waals surface area contributed by atoms with Crippen LogP contribution in [0.1, 0.15) is 47.5 Å². The Labute approximate surface area is 97.9 Å². The minimum atomic E-state index is -0.453. The SMILES string of the molecule is CCC(CC)OC(=O)/C=C/C(=O)C(C)(C)C. The molecular formula is C13H22O3. The topological polar surface area (TPSA) is 43.4 Å². The molecule has 0 unspecified atom stereocenters. The predicted molar refractivity (Wildman–Crippen MR) is 64.1 cm³/mol. The van der Waals surface area contributed by atoms with E-state index in [1.54, 1.807) is 0 Å². The third kappa shape index (κ3) is 5.69. The molecule has 3 nitrogen and oxygen atoms in total. The maximum Gasteiger partial charge on any atom is 0.331 e. The average Bonchev–Trinajstić information content (AvgIpc) is 2.20. The van der Waals surface area contributed by atoms with Crippen molar-refractivity contribution in [1.29, 1.82) is 0 Å². The van der Waals surface area contributed by atoms with E-state index in [1.165, 1.54) is 12.2 Å². The maximum atomic E-state index is 11.5. The molecule has 0 spiro atoms. The van der Waals surface area contributed by atoms with Crippen LogP contribution in [0.5, 0.6) is 0 Å². The van der Waals surface area contributed by atoms with Crippen molar-refractivity contribution in [2.75, 3.05) is 0 Å². The Morgan fingerprint density at radius 2 is 1.62 bits per heavy atom. The first-order valence-electron chi connectivity index (χ1n) is 5.74. The van der Waals surface area contributed by atoms with Gasteiger partial charge in [0.1, 0.15) is 6.10 Å². The number of carbonyl (C=O) groups excluding carboxylic acids is 2. The second-order valence-electron chi connectivity index (χ2n) is 4.82. The summed E-state index contributed by atoms with van der Waals surface area (Å²) in [6, 6.07) is 0. The van der Waals surface area contributed by atoms with Crippen LogP contribution in [0.3, 0.4) is 0 Å². The monoisotopic (exact) mass is 226 g/mol. The van der Waals surface area contributed by atoms with E-state index in [1.807, 2.05) is 34.6 Å². The number of carbonyl (C=O) groups is 2. The summed E-state index contributed by atoms with van der Waals surface area (Å²) in [6.45, 7) is 9.36. The average molecular weight is 226 g/mol. The van der Waals surface area contributed by atoms with Gasteiger partial charge in [0.25, 0.3) is 0 Å². The highest BCUT2D eigenvalue weighted by molar-refractivity contribution is 5.98. The maximum absolute atomic E-state index is 11.5. The van der Waals surface area contributed by atoms with E-state index in [-0.39, 0.29) is 11.9 Å². The fourth-order valence-corrected chi connectivity index (χ4v) is 1.05. The Morgan fingerprint density at radius 3 is 2.00 bits per heavy atom. The number of hydrogen-bond acceptors (Lipinski definition) is 3. The summed E-state index contributed by atoms with van der Waals surface area (Å²) in [7, 11) is 0. The van der Waals surface area contributed by atoms with Crippen LogP contribution in [-0.4, -0.2) is 17.9 Å². The molecule has 0 aliphatic carbocycles. The molecule has 0 N–H and O–H groups in total. The summed E-state index contributed by atoms with van der Waals surface area (Å²) in [6.07, 6.45) is 4.05. The second kappa shape index (κ2) is 6.46. The lowest BCUT2D eigenvalue weighted by Gasteiger charge is -2.14. The van der Waals surface area contributed by atoms with Crippen LogP contribution in [0.2, 0.25) is 0 Å². The second-order valence-corrected chi connectivity index (χ2v) is 4.82. The lowest BCUT2D eigenvalue weighted by atomic mass is 9.91. The van der Waals surface area contributed by atoms with Crippen LogP contribution in [0.15, 0.2) is 12.2 Å². The molecule has 0 fully saturated rings. The summed E-state index contributed by atoms with van der Waals surface area (Å²) < 4.78 is 5.13. The van der Waals surface area contributed by atoms with Crippen LogP contribution in [0.25, 0.3) is 0 Å². The lowest BCUT2D eigenvalue weighted by Crippen LogP contribution is -2.19. The smallest absolute Gasteiger partial charge is 0.331 e. The van der Waals surface area contributed by atoms with E-state index in [2.05, 4.69) is 0 Å². The van der Waals surface area contributed by atoms with Crippen LogP contribution in [-0.2, 0) is 14.3 Å². The van der Waals surface area contributed by atoms with Crippen molar-refractivity contribution in [1.82, 2.24) is 0 Å². The van der Waals surface area contributed by atoms with Crippen LogP contribution in [0.4, 0.5) is 0 Å². The minimum absolute atomic E-state index is 0.0538. The molecule has 0 aliphatic rings. The third-order valence-corrected chi connectivity index (χ3v) is 2.30. The number of hydrogen-bond donors (Lipinski definition) is 0. The van der Waals surface area contributed by atoms with Gasteiger partial charge < -0.3 is 4.74 Å². The van der Waals surface area contributed by atoms with Crippen molar-refractivity contribution in [2.45, 2.75) is 53.6 Å². The summed E-state index contributed by atoms with van der Waals surface area (Å²) in [4.78, 5) is 22.8. The molecule has 0 aromatic rings. The highest BCUT2D eigenvalue weighted by atomic mass is 16.5. The lowest BCUT2D eigenvalue weighted by molar-refractivity contribution is -0.143. The molecule has 92 valence electrons. The first-order chi connectivity index (χ1) is 7.31. The van der Waals surface area contributed by atoms with E-state index in [0.29, 0.717) is 0 Å². The van der Waals surface area contributed by atoms with Gasteiger partial charge in [-0.3, -0.25) is 4.79 Å². The Hall–Kier alpha value is -1.12. The van der Waals surface area contributed by atoms with Gasteiger partial charge in [0.2, 0.25) is 0 Å². The number of ketones is 1. The molecule has 0 heterocycles. The summed E-state index contributed by atoms with van der Waals surface area (Å²) >= 11 is 0. The summed E-state index contributed by atoms with van der Waals surface area (Å²) in [5.74, 6) is -0.514. The van der Waals surface area contributed by atoms with Gasteiger partial charge in [-0.05, 0) is 18.9 Å². The number of esters is 1. The summed E-state index contributed by atoms with van der Waals surface area (Å²) in [5, 5.41) is 0. The molecule has 0 atom stereocenters. The van der Waals surface area contributed by atoms with Crippen molar-refractivity contribution in [3.63, 3.8) is 0 Å². The zero-order valence-electron chi connectivity index (χ0n) is 10.9. The number of rotatable bonds is 5. The van der Waals surface area contributed by atoms with Crippen molar-refractivity contribution in [2.24, 2.45) is 5.41 Å². The number of allylic oxidation sites excluding steroid dienone is 1. The Morgan fingerprint density at radius 1 is 1.12 bits per heavy atom. The minimum Gasteiger partial charge on any atom is -0.459 e. The molecule has 3 heteroatoms. The van der Waals surface area contributed by atoms with Crippen molar-refractivity contribution >= 4 is 11.8 Å². The highest BCUT2D eigenvalue weighted by Gasteiger charge is 2.18. The number of ether oxygens (including phenoxy) is 1. The van der Waals surface area contributed by atoms with Gasteiger partial charge in [0.05, 0.1) is 0 Å². The molecule has 0 aliphatic heterocycles. The van der Waals surface area contributed by atoms with Crippen LogP contribution in [0, 0.1) is 5.41 Å². The standard InChI is InChI=1S/C13H22O3/c1-6-10(7-2)16-12(15)9-8-11(14)13(3,4)5/h8-10H,6-7H2,1-5H3/b9-8+. The fraction of sp³-hybridized carbons (Fsp3) is 0.692. The van der Waals surface area contributed by atoms with Gasteiger partial charge in [-0.15, -0.1) is 0 Å². The van der Waals surface area contributed by atoms with Gasteiger partial charge in [0.15, 0.2) is 5.78 Å². The molecule has 16 heavy (non-hydrogen) atoms. The van der Waals surface area contributed by atoms with Crippen molar-refractivity contribution in [3.05, 3.63) is 12.2 Å².